The van der Waals surface area contributed by atoms with E-state index in [9.17, 15) is 4.79 Å². The van der Waals surface area contributed by atoms with Crippen LogP contribution in [0.3, 0.4) is 0 Å². The number of nitrogens with one attached hydrogen (secondary N) is 1. The zero-order valence-electron chi connectivity index (χ0n) is 18.9. The van der Waals surface area contributed by atoms with E-state index in [0.29, 0.717) is 0 Å². The third-order valence-corrected chi connectivity index (χ3v) is 7.28. The van der Waals surface area contributed by atoms with Gasteiger partial charge in [-0.3, -0.25) is 4.79 Å². The first kappa shape index (κ1) is 21.6. The smallest absolute Gasteiger partial charge is 0.223 e. The number of imidazole rings is 1. The largest absolute Gasteiger partial charge is 0.356 e. The molecule has 0 radical (unpaired) electrons. The Morgan fingerprint density at radius 2 is 1.85 bits per heavy atom. The Morgan fingerprint density at radius 3 is 2.58 bits per heavy atom. The minimum atomic E-state index is 0.0927. The minimum absolute atomic E-state index is 0.0927. The van der Waals surface area contributed by atoms with Gasteiger partial charge in [-0.25, -0.2) is 9.50 Å². The molecule has 0 saturated carbocycles. The molecule has 2 aromatic carbocycles. The molecule has 1 aliphatic heterocycles. The van der Waals surface area contributed by atoms with Crippen molar-refractivity contribution in [2.45, 2.75) is 32.6 Å². The van der Waals surface area contributed by atoms with E-state index < -0.39 is 0 Å². The van der Waals surface area contributed by atoms with E-state index in [2.05, 4.69) is 65.7 Å². The van der Waals surface area contributed by atoms with Gasteiger partial charge in [0.2, 0.25) is 16.0 Å². The maximum Gasteiger partial charge on any atom is 0.223 e. The normalized spacial score (nSPS) is 14.6. The molecule has 1 saturated heterocycles. The van der Waals surface area contributed by atoms with Crippen LogP contribution in [-0.4, -0.2) is 40.1 Å². The van der Waals surface area contributed by atoms with Gasteiger partial charge < -0.3 is 10.2 Å². The molecule has 0 bridgehead atoms. The highest BCUT2D eigenvalue weighted by Crippen LogP contribution is 2.29. The predicted octanol–water partition coefficient (Wildman–Crippen LogP) is 4.73. The molecule has 2 aromatic heterocycles. The monoisotopic (exact) mass is 459 g/mol. The summed E-state index contributed by atoms with van der Waals surface area (Å²) in [4.78, 5) is 20.5. The Bertz CT molecular complexity index is 1180. The summed E-state index contributed by atoms with van der Waals surface area (Å²) in [5.41, 5.74) is 4.61. The molecule has 170 valence electrons. The molecule has 5 rings (SSSR count). The molecule has 33 heavy (non-hydrogen) atoms. The van der Waals surface area contributed by atoms with E-state index in [-0.39, 0.29) is 11.8 Å². The molecule has 0 aliphatic carbocycles. The van der Waals surface area contributed by atoms with Gasteiger partial charge in [0.1, 0.15) is 0 Å². The number of fused-ring (bicyclic) bond motifs is 1. The van der Waals surface area contributed by atoms with Gasteiger partial charge in [0.05, 0.1) is 11.9 Å². The fourth-order valence-electron chi connectivity index (χ4n) is 4.31. The van der Waals surface area contributed by atoms with Gasteiger partial charge in [-0.1, -0.05) is 71.5 Å². The van der Waals surface area contributed by atoms with Crippen molar-refractivity contribution in [1.29, 1.82) is 0 Å². The van der Waals surface area contributed by atoms with Crippen LogP contribution in [0.5, 0.6) is 0 Å². The zero-order valence-corrected chi connectivity index (χ0v) is 19.7. The second-order valence-corrected chi connectivity index (χ2v) is 9.68. The Hall–Kier alpha value is -3.19. The summed E-state index contributed by atoms with van der Waals surface area (Å²) in [6, 6.07) is 18.8. The molecule has 0 spiro atoms. The number of carbonyl (C=O) groups is 1. The van der Waals surface area contributed by atoms with E-state index in [4.69, 9.17) is 10.1 Å². The fourth-order valence-corrected chi connectivity index (χ4v) is 5.24. The minimum Gasteiger partial charge on any atom is -0.356 e. The van der Waals surface area contributed by atoms with Gasteiger partial charge in [0.15, 0.2) is 0 Å². The standard InChI is InChI=1S/C26H29N5OS/c1-19-9-11-21(12-10-19)23-18-31-25(28-23)33-26(29-31)30-16-13-22(14-17-30)24(32)27-15-5-8-20-6-3-2-4-7-20/h2-4,6-7,9-12,18,22H,5,8,13-17H2,1H3,(H,27,32). The van der Waals surface area contributed by atoms with Gasteiger partial charge in [0.25, 0.3) is 0 Å². The van der Waals surface area contributed by atoms with Crippen LogP contribution in [0.1, 0.15) is 30.4 Å². The molecule has 1 N–H and O–H groups in total. The highest BCUT2D eigenvalue weighted by atomic mass is 32.1. The van der Waals surface area contributed by atoms with Gasteiger partial charge >= 0.3 is 0 Å². The summed E-state index contributed by atoms with van der Waals surface area (Å²) in [5, 5.41) is 8.87. The first-order valence-electron chi connectivity index (χ1n) is 11.7. The van der Waals surface area contributed by atoms with Crippen molar-refractivity contribution >= 4 is 27.3 Å². The van der Waals surface area contributed by atoms with Crippen LogP contribution in [-0.2, 0) is 11.2 Å². The molecule has 0 atom stereocenters. The number of amides is 1. The van der Waals surface area contributed by atoms with Crippen molar-refractivity contribution in [2.75, 3.05) is 24.5 Å². The number of carbonyl (C=O) groups excluding carboxylic acids is 1. The zero-order chi connectivity index (χ0) is 22.6. The van der Waals surface area contributed by atoms with Crippen LogP contribution in [0, 0.1) is 12.8 Å². The number of hydrogen-bond donors (Lipinski definition) is 1. The molecule has 1 fully saturated rings. The summed E-state index contributed by atoms with van der Waals surface area (Å²) < 4.78 is 1.88. The fraction of sp³-hybridized carbons (Fsp3) is 0.346. The highest BCUT2D eigenvalue weighted by molar-refractivity contribution is 7.20. The van der Waals surface area contributed by atoms with Gasteiger partial charge in [-0.2, -0.15) is 0 Å². The number of anilines is 1. The average molecular weight is 460 g/mol. The highest BCUT2D eigenvalue weighted by Gasteiger charge is 2.26. The maximum atomic E-state index is 12.6. The lowest BCUT2D eigenvalue weighted by molar-refractivity contribution is -0.125. The Kier molecular flexibility index (Phi) is 6.39. The molecule has 7 heteroatoms. The average Bonchev–Trinajstić information content (AvgIpc) is 3.43. The maximum absolute atomic E-state index is 12.6. The molecule has 0 unspecified atom stereocenters. The van der Waals surface area contributed by atoms with Crippen LogP contribution in [0.2, 0.25) is 0 Å². The lowest BCUT2D eigenvalue weighted by Crippen LogP contribution is -2.40. The second-order valence-electron chi connectivity index (χ2n) is 8.75. The first-order valence-corrected chi connectivity index (χ1v) is 12.5. The van der Waals surface area contributed by atoms with Crippen molar-refractivity contribution in [3.05, 3.63) is 71.9 Å². The summed E-state index contributed by atoms with van der Waals surface area (Å²) in [6.45, 7) is 4.52. The molecular formula is C26H29N5OS. The number of nitrogens with zero attached hydrogens (tertiary/aromatic N) is 4. The van der Waals surface area contributed by atoms with Crippen LogP contribution >= 0.6 is 11.3 Å². The third kappa shape index (κ3) is 5.09. The van der Waals surface area contributed by atoms with Crippen molar-refractivity contribution < 1.29 is 4.79 Å². The number of aryl methyl sites for hydroxylation is 2. The van der Waals surface area contributed by atoms with E-state index in [1.807, 2.05) is 16.8 Å². The Balaban J connectivity index is 1.11. The summed E-state index contributed by atoms with van der Waals surface area (Å²) in [7, 11) is 0. The molecular weight excluding hydrogens is 430 g/mol. The number of rotatable bonds is 7. The Labute approximate surface area is 198 Å². The second kappa shape index (κ2) is 9.75. The van der Waals surface area contributed by atoms with Crippen molar-refractivity contribution in [1.82, 2.24) is 19.9 Å². The van der Waals surface area contributed by atoms with Crippen molar-refractivity contribution in [2.24, 2.45) is 5.92 Å². The van der Waals surface area contributed by atoms with E-state index >= 15 is 0 Å². The Morgan fingerprint density at radius 1 is 1.09 bits per heavy atom. The van der Waals surface area contributed by atoms with Gasteiger partial charge in [0, 0.05) is 31.1 Å². The van der Waals surface area contributed by atoms with E-state index in [0.717, 1.165) is 66.7 Å². The van der Waals surface area contributed by atoms with E-state index in [1.165, 1.54) is 11.1 Å². The number of hydrogen-bond acceptors (Lipinski definition) is 5. The van der Waals surface area contributed by atoms with Gasteiger partial charge in [-0.15, -0.1) is 5.10 Å². The quantitative estimate of drug-likeness (QED) is 0.406. The van der Waals surface area contributed by atoms with Crippen LogP contribution in [0.15, 0.2) is 60.8 Å². The topological polar surface area (TPSA) is 62.5 Å². The number of benzene rings is 2. The molecule has 3 heterocycles. The molecule has 4 aromatic rings. The van der Waals surface area contributed by atoms with Crippen molar-refractivity contribution in [3.63, 3.8) is 0 Å². The van der Waals surface area contributed by atoms with Crippen LogP contribution in [0.4, 0.5) is 5.13 Å². The molecule has 6 nitrogen and oxygen atoms in total. The summed E-state index contributed by atoms with van der Waals surface area (Å²) in [5.74, 6) is 0.287. The third-order valence-electron chi connectivity index (χ3n) is 6.30. The molecule has 1 amide bonds. The van der Waals surface area contributed by atoms with Crippen LogP contribution < -0.4 is 10.2 Å². The van der Waals surface area contributed by atoms with Crippen LogP contribution in [0.25, 0.3) is 16.2 Å². The number of aromatic nitrogens is 3. The predicted molar refractivity (Wildman–Crippen MR) is 134 cm³/mol. The molecule has 1 aliphatic rings. The lowest BCUT2D eigenvalue weighted by Gasteiger charge is -2.30. The summed E-state index contributed by atoms with van der Waals surface area (Å²) in [6.07, 6.45) is 5.69. The lowest BCUT2D eigenvalue weighted by atomic mass is 9.96. The first-order chi connectivity index (χ1) is 16.2. The van der Waals surface area contributed by atoms with E-state index in [1.54, 1.807) is 11.3 Å². The summed E-state index contributed by atoms with van der Waals surface area (Å²) >= 11 is 1.61. The van der Waals surface area contributed by atoms with Gasteiger partial charge in [-0.05, 0) is 38.2 Å². The number of piperidine rings is 1. The van der Waals surface area contributed by atoms with Crippen molar-refractivity contribution in [3.8, 4) is 11.3 Å². The SMILES string of the molecule is Cc1ccc(-c2cn3nc(N4CCC(C(=O)NCCCc5ccccc5)CC4)sc3n2)cc1.